The highest BCUT2D eigenvalue weighted by atomic mass is 19.4. The van der Waals surface area contributed by atoms with Gasteiger partial charge < -0.3 is 0 Å². The molecule has 0 bridgehead atoms. The maximum absolute atomic E-state index is 13.0. The van der Waals surface area contributed by atoms with Crippen LogP contribution in [0.3, 0.4) is 0 Å². The average Bonchev–Trinajstić information content (AvgIpc) is 2.99. The van der Waals surface area contributed by atoms with E-state index >= 15 is 0 Å². The van der Waals surface area contributed by atoms with Gasteiger partial charge in [-0.15, -0.1) is 0 Å². The summed E-state index contributed by atoms with van der Waals surface area (Å²) in [7, 11) is 0. The van der Waals surface area contributed by atoms with Crippen molar-refractivity contribution in [3.63, 3.8) is 0 Å². The van der Waals surface area contributed by atoms with Gasteiger partial charge in [0.2, 0.25) is 0 Å². The molecule has 6 aromatic heterocycles. The van der Waals surface area contributed by atoms with E-state index in [4.69, 9.17) is 0 Å². The van der Waals surface area contributed by atoms with E-state index in [1.54, 1.807) is 45.3 Å². The van der Waals surface area contributed by atoms with E-state index in [1.165, 1.54) is 23.4 Å². The van der Waals surface area contributed by atoms with Crippen LogP contribution in [0.1, 0.15) is 84.7 Å². The molecule has 0 amide bonds. The van der Waals surface area contributed by atoms with Gasteiger partial charge in [0.15, 0.2) is 22.6 Å². The third-order valence-electron chi connectivity index (χ3n) is 7.31. The maximum Gasteiger partial charge on any atom is 0.433 e. The van der Waals surface area contributed by atoms with Crippen molar-refractivity contribution < 1.29 is 13.2 Å². The molecule has 0 fully saturated rings. The summed E-state index contributed by atoms with van der Waals surface area (Å²) in [5, 5.41) is 2.89. The molecule has 240 valence electrons. The van der Waals surface area contributed by atoms with Crippen molar-refractivity contribution in [3.8, 4) is 0 Å². The molecule has 9 heteroatoms. The molecule has 6 rings (SSSR count). The molecule has 0 saturated heterocycles. The summed E-state index contributed by atoms with van der Waals surface area (Å²) in [5.41, 5.74) is 3.34. The number of nitrogens with zero attached hydrogens (tertiary/aromatic N) is 6. The van der Waals surface area contributed by atoms with Crippen LogP contribution in [-0.2, 0) is 22.4 Å². The summed E-state index contributed by atoms with van der Waals surface area (Å²) in [5.74, 6) is 0. The van der Waals surface area contributed by atoms with Crippen LogP contribution >= 0.6 is 0 Å². The number of pyridine rings is 6. The number of alkyl halides is 3. The van der Waals surface area contributed by atoms with Gasteiger partial charge in [0.05, 0.1) is 0 Å². The Hall–Kier alpha value is -4.53. The quantitative estimate of drug-likeness (QED) is 0.167. The Morgan fingerprint density at radius 2 is 1.02 bits per heavy atom. The Labute approximate surface area is 268 Å². The topological polar surface area (TPSA) is 77.3 Å². The van der Waals surface area contributed by atoms with E-state index in [1.807, 2.05) is 30.6 Å². The molecule has 0 radical (unpaired) electrons. The van der Waals surface area contributed by atoms with Crippen LogP contribution in [0, 0.1) is 0 Å². The number of hydrogen-bond acceptors (Lipinski definition) is 6. The van der Waals surface area contributed by atoms with Crippen molar-refractivity contribution in [2.45, 2.75) is 84.7 Å². The number of fused-ring (bicyclic) bond motifs is 3. The predicted molar refractivity (Wildman–Crippen MR) is 180 cm³/mol. The molecule has 0 saturated carbocycles. The van der Waals surface area contributed by atoms with Gasteiger partial charge in [0.25, 0.3) is 0 Å². The molecule has 0 aliphatic heterocycles. The van der Waals surface area contributed by atoms with Gasteiger partial charge in [0.1, 0.15) is 0 Å². The second-order valence-electron chi connectivity index (χ2n) is 14.2. The van der Waals surface area contributed by atoms with Crippen LogP contribution in [0.4, 0.5) is 13.2 Å². The molecule has 6 nitrogen and oxygen atoms in total. The van der Waals surface area contributed by atoms with Crippen LogP contribution in [0.2, 0.25) is 0 Å². The van der Waals surface area contributed by atoms with Crippen LogP contribution in [0.15, 0.2) is 85.6 Å². The molecular formula is C37H41F3N6. The van der Waals surface area contributed by atoms with E-state index in [9.17, 15) is 13.2 Å². The van der Waals surface area contributed by atoms with E-state index in [-0.39, 0.29) is 22.0 Å². The second-order valence-corrected chi connectivity index (χ2v) is 14.2. The summed E-state index contributed by atoms with van der Waals surface area (Å²) < 4.78 is 39.0. The zero-order valence-electron chi connectivity index (χ0n) is 27.9. The molecule has 0 atom stereocenters. The van der Waals surface area contributed by atoms with Crippen LogP contribution in [-0.4, -0.2) is 29.9 Å². The van der Waals surface area contributed by atoms with Crippen molar-refractivity contribution in [2.24, 2.45) is 0 Å². The first-order valence-corrected chi connectivity index (χ1v) is 15.1. The van der Waals surface area contributed by atoms with Gasteiger partial charge in [-0.25, -0.2) is 29.9 Å². The van der Waals surface area contributed by atoms with Crippen LogP contribution < -0.4 is 0 Å². The zero-order valence-corrected chi connectivity index (χ0v) is 27.9. The van der Waals surface area contributed by atoms with Gasteiger partial charge in [-0.3, -0.25) is 0 Å². The van der Waals surface area contributed by atoms with Gasteiger partial charge >= 0.3 is 6.18 Å². The highest BCUT2D eigenvalue weighted by molar-refractivity contribution is 5.79. The van der Waals surface area contributed by atoms with Crippen molar-refractivity contribution >= 4 is 33.1 Å². The molecule has 0 aromatic carbocycles. The third kappa shape index (κ3) is 8.38. The average molecular weight is 627 g/mol. The summed E-state index contributed by atoms with van der Waals surface area (Å²) in [6.07, 6.45) is 4.26. The minimum Gasteiger partial charge on any atom is -0.237 e. The SMILES string of the molecule is CC(C)(C)c1cc2cccnc2nc1C(F)(F)F.CC(C)(C)c1ccnc2ncccc12.CC(C)(C)c1cnc2ncccc2c1. The molecule has 46 heavy (non-hydrogen) atoms. The third-order valence-corrected chi connectivity index (χ3v) is 7.31. The summed E-state index contributed by atoms with van der Waals surface area (Å²) in [6.45, 7) is 18.4. The van der Waals surface area contributed by atoms with E-state index in [0.717, 1.165) is 22.1 Å². The standard InChI is InChI=1S/C13H13F3N2.2C12H14N2/c1-12(2,3)9-7-8-5-4-6-17-11(8)18-10(9)13(14,15)16;1-12(2,3)10-6-8-14-11-9(10)5-4-7-13-11;1-12(2,3)10-7-9-5-4-6-13-11(9)14-8-10/h4-7H,1-3H3;2*4-8H,1-3H3. The molecule has 0 aliphatic rings. The molecule has 6 aromatic rings. The largest absolute Gasteiger partial charge is 0.433 e. The van der Waals surface area contributed by atoms with Gasteiger partial charge in [-0.2, -0.15) is 13.2 Å². The fourth-order valence-electron chi connectivity index (χ4n) is 4.81. The van der Waals surface area contributed by atoms with E-state index < -0.39 is 17.3 Å². The zero-order chi connectivity index (χ0) is 33.9. The summed E-state index contributed by atoms with van der Waals surface area (Å²) >= 11 is 0. The Bertz CT molecular complexity index is 1880. The predicted octanol–water partition coefficient (Wildman–Crippen LogP) is 9.80. The van der Waals surface area contributed by atoms with Crippen LogP contribution in [0.5, 0.6) is 0 Å². The summed E-state index contributed by atoms with van der Waals surface area (Å²) in [6, 6.07) is 17.2. The highest BCUT2D eigenvalue weighted by Crippen LogP contribution is 2.37. The Morgan fingerprint density at radius 3 is 1.59 bits per heavy atom. The fourth-order valence-corrected chi connectivity index (χ4v) is 4.81. The first kappa shape index (κ1) is 34.3. The minimum atomic E-state index is -4.46. The van der Waals surface area contributed by atoms with Crippen molar-refractivity contribution in [1.82, 2.24) is 29.9 Å². The van der Waals surface area contributed by atoms with E-state index in [2.05, 4.69) is 89.6 Å². The number of aromatic nitrogens is 6. The first-order valence-electron chi connectivity index (χ1n) is 15.1. The smallest absolute Gasteiger partial charge is 0.237 e. The molecular weight excluding hydrogens is 585 g/mol. The lowest BCUT2D eigenvalue weighted by molar-refractivity contribution is -0.142. The van der Waals surface area contributed by atoms with Gasteiger partial charge in [-0.1, -0.05) is 62.3 Å². The molecule has 0 N–H and O–H groups in total. The lowest BCUT2D eigenvalue weighted by Gasteiger charge is -2.23. The lowest BCUT2D eigenvalue weighted by Crippen LogP contribution is -2.21. The molecule has 0 spiro atoms. The van der Waals surface area contributed by atoms with Gasteiger partial charge in [-0.05, 0) is 87.5 Å². The number of rotatable bonds is 0. The van der Waals surface area contributed by atoms with Crippen molar-refractivity contribution in [1.29, 1.82) is 0 Å². The number of halogens is 3. The van der Waals surface area contributed by atoms with Gasteiger partial charge in [0, 0.05) is 47.1 Å². The summed E-state index contributed by atoms with van der Waals surface area (Å²) in [4.78, 5) is 24.6. The molecule has 6 heterocycles. The molecule has 0 aliphatic carbocycles. The minimum absolute atomic E-state index is 0.123. The maximum atomic E-state index is 13.0. The Kier molecular flexibility index (Phi) is 9.75. The van der Waals surface area contributed by atoms with E-state index in [0.29, 0.717) is 5.39 Å². The lowest BCUT2D eigenvalue weighted by atomic mass is 9.85. The Morgan fingerprint density at radius 1 is 0.500 bits per heavy atom. The highest BCUT2D eigenvalue weighted by Gasteiger charge is 2.38. The van der Waals surface area contributed by atoms with Crippen LogP contribution in [0.25, 0.3) is 33.1 Å². The van der Waals surface area contributed by atoms with Crippen molar-refractivity contribution in [2.75, 3.05) is 0 Å². The molecule has 0 unspecified atom stereocenters. The fraction of sp³-hybridized carbons (Fsp3) is 0.351. The van der Waals surface area contributed by atoms with Crippen molar-refractivity contribution in [3.05, 3.63) is 108 Å². The monoisotopic (exact) mass is 626 g/mol. The second kappa shape index (κ2) is 13.1. The Balaban J connectivity index is 0.000000158. The number of hydrogen-bond donors (Lipinski definition) is 0. The first-order chi connectivity index (χ1) is 21.4. The normalized spacial score (nSPS) is 12.3.